The summed E-state index contributed by atoms with van der Waals surface area (Å²) in [5.74, 6) is 0. The van der Waals surface area contributed by atoms with Crippen LogP contribution in [0.4, 0.5) is 0 Å². The summed E-state index contributed by atoms with van der Waals surface area (Å²) < 4.78 is 21.0. The van der Waals surface area contributed by atoms with Crippen molar-refractivity contribution in [1.29, 1.82) is 0 Å². The largest absolute Gasteiger partial charge is 0.442 e. The van der Waals surface area contributed by atoms with Crippen molar-refractivity contribution < 1.29 is 13.0 Å². The highest BCUT2D eigenvalue weighted by atomic mass is 29.2. The molecule has 4 nitrogen and oxygen atoms in total. The molecule has 2 N–H and O–H groups in total. The van der Waals surface area contributed by atoms with E-state index in [0.717, 1.165) is 0 Å². The van der Waals surface area contributed by atoms with E-state index in [1.807, 2.05) is 6.92 Å². The van der Waals surface area contributed by atoms with Gasteiger partial charge in [0.25, 0.3) is 0 Å². The van der Waals surface area contributed by atoms with E-state index in [9.17, 15) is 4.46 Å². The van der Waals surface area contributed by atoms with E-state index in [-0.39, 0.29) is 0 Å². The van der Waals surface area contributed by atoms with Crippen molar-refractivity contribution in [2.24, 2.45) is 5.73 Å². The van der Waals surface area contributed by atoms with Gasteiger partial charge in [0.15, 0.2) is 0 Å². The summed E-state index contributed by atoms with van der Waals surface area (Å²) in [7, 11) is -2.77. The number of nitrogens with two attached hydrogens (primary N) is 1. The summed E-state index contributed by atoms with van der Waals surface area (Å²) in [6.07, 6.45) is 0.309. The van der Waals surface area contributed by atoms with Crippen LogP contribution >= 0.6 is 0 Å². The van der Waals surface area contributed by atoms with Crippen molar-refractivity contribution in [3.8, 4) is 0 Å². The summed E-state index contributed by atoms with van der Waals surface area (Å²) >= 11 is 0. The van der Waals surface area contributed by atoms with Crippen molar-refractivity contribution in [1.82, 2.24) is 0 Å². The summed E-state index contributed by atoms with van der Waals surface area (Å²) in [6, 6.07) is 0. The molecule has 0 amide bonds. The maximum atomic E-state index is 10.6. The van der Waals surface area contributed by atoms with E-state index in [0.29, 0.717) is 23.3 Å². The standard InChI is InChI=1S/C3H13NO3Si3/c1-2-6-10(3-4,7-8)9-5/h9H,2-4H2,1,8H3. The average Bonchev–Trinajstić information content (AvgIpc) is 2.01. The molecule has 7 heteroatoms. The van der Waals surface area contributed by atoms with Gasteiger partial charge in [-0.25, -0.2) is 0 Å². The lowest BCUT2D eigenvalue weighted by Gasteiger charge is -2.20. The Bertz CT molecular complexity index is 107. The molecule has 0 spiro atoms. The Morgan fingerprint density at radius 2 is 2.40 bits per heavy atom. The van der Waals surface area contributed by atoms with Gasteiger partial charge >= 0.3 is 17.0 Å². The predicted molar refractivity (Wildman–Crippen MR) is 45.3 cm³/mol. The highest BCUT2D eigenvalue weighted by Crippen LogP contribution is 1.97. The van der Waals surface area contributed by atoms with Gasteiger partial charge in [-0.3, -0.25) is 0 Å². The Kier molecular flexibility index (Phi) is 5.21. The molecule has 0 aliphatic carbocycles. The molecule has 0 saturated heterocycles. The third-order valence-electron chi connectivity index (χ3n) is 1.20. The van der Waals surface area contributed by atoms with Crippen LogP contribution in [0.2, 0.25) is 0 Å². The molecule has 1 atom stereocenters. The molecule has 60 valence electrons. The Labute approximate surface area is 66.5 Å². The van der Waals surface area contributed by atoms with Gasteiger partial charge in [-0.05, 0) is 6.92 Å². The van der Waals surface area contributed by atoms with Gasteiger partial charge in [-0.1, -0.05) is 0 Å². The highest BCUT2D eigenvalue weighted by molar-refractivity contribution is 7.13. The minimum Gasteiger partial charge on any atom is -0.442 e. The first kappa shape index (κ1) is 10.3. The predicted octanol–water partition coefficient (Wildman–Crippen LogP) is -2.46. The first-order chi connectivity index (χ1) is 4.74. The second-order valence-electron chi connectivity index (χ2n) is 1.77. The van der Waals surface area contributed by atoms with Crippen LogP contribution in [-0.2, 0) is 13.0 Å². The van der Waals surface area contributed by atoms with Crippen LogP contribution < -0.4 is 5.73 Å². The first-order valence-corrected chi connectivity index (χ1v) is 8.22. The van der Waals surface area contributed by atoms with Gasteiger partial charge in [-0.2, -0.15) is 0 Å². The molecule has 0 bridgehead atoms. The van der Waals surface area contributed by atoms with Crippen molar-refractivity contribution in [3.63, 3.8) is 0 Å². The highest BCUT2D eigenvalue weighted by Gasteiger charge is 2.34. The second-order valence-corrected chi connectivity index (χ2v) is 9.31. The van der Waals surface area contributed by atoms with Crippen LogP contribution in [0.1, 0.15) is 6.92 Å². The molecule has 0 aromatic heterocycles. The fourth-order valence-corrected chi connectivity index (χ4v) is 4.73. The average molecular weight is 195 g/mol. The molecule has 0 heterocycles. The van der Waals surface area contributed by atoms with Gasteiger partial charge in [0.1, 0.15) is 10.5 Å². The summed E-state index contributed by atoms with van der Waals surface area (Å²) in [5, 5.41) is 0. The topological polar surface area (TPSA) is 61.6 Å². The molecule has 0 fully saturated rings. The number of hydrogen-bond acceptors (Lipinski definition) is 4. The second kappa shape index (κ2) is 5.04. The third-order valence-corrected chi connectivity index (χ3v) is 10.1. The normalized spacial score (nSPS) is 16.6. The monoisotopic (exact) mass is 195 g/mol. The molecule has 0 saturated carbocycles. The fourth-order valence-electron chi connectivity index (χ4n) is 0.576. The van der Waals surface area contributed by atoms with Crippen LogP contribution in [0.25, 0.3) is 0 Å². The van der Waals surface area contributed by atoms with Crippen LogP contribution in [0, 0.1) is 0 Å². The lowest BCUT2D eigenvalue weighted by Crippen LogP contribution is -2.52. The third kappa shape index (κ3) is 2.52. The van der Waals surface area contributed by atoms with Crippen molar-refractivity contribution in [2.75, 3.05) is 12.8 Å². The maximum absolute atomic E-state index is 10.6. The van der Waals surface area contributed by atoms with E-state index in [1.54, 1.807) is 0 Å². The zero-order chi connectivity index (χ0) is 8.04. The van der Waals surface area contributed by atoms with E-state index in [1.165, 1.54) is 0 Å². The summed E-state index contributed by atoms with van der Waals surface area (Å²) in [6.45, 7) is 2.40. The molecule has 0 radical (unpaired) electrons. The molecular weight excluding hydrogens is 182 g/mol. The van der Waals surface area contributed by atoms with Crippen molar-refractivity contribution in [2.45, 2.75) is 6.92 Å². The minimum absolute atomic E-state index is 0.309. The van der Waals surface area contributed by atoms with E-state index >= 15 is 0 Å². The molecule has 0 aliphatic heterocycles. The Hall–Kier alpha value is 0.331. The minimum atomic E-state index is -2.35. The SMILES string of the molecule is CCO[Si](CN)(O[SiH3])[SiH]=O. The van der Waals surface area contributed by atoms with Gasteiger partial charge in [0.05, 0.1) is 0 Å². The van der Waals surface area contributed by atoms with Crippen molar-refractivity contribution in [3.05, 3.63) is 0 Å². The van der Waals surface area contributed by atoms with Crippen LogP contribution in [-0.4, -0.2) is 40.3 Å². The summed E-state index contributed by atoms with van der Waals surface area (Å²) in [4.78, 5) is 0. The maximum Gasteiger partial charge on any atom is 0.384 e. The Morgan fingerprint density at radius 3 is 2.50 bits per heavy atom. The quantitative estimate of drug-likeness (QED) is 0.494. The zero-order valence-electron chi connectivity index (χ0n) is 6.29. The molecular formula is C3H13NO3Si3. The van der Waals surface area contributed by atoms with Crippen LogP contribution in [0.5, 0.6) is 0 Å². The molecule has 1 unspecified atom stereocenters. The van der Waals surface area contributed by atoms with E-state index in [4.69, 9.17) is 14.3 Å². The van der Waals surface area contributed by atoms with E-state index < -0.39 is 17.0 Å². The first-order valence-electron chi connectivity index (χ1n) is 3.10. The summed E-state index contributed by atoms with van der Waals surface area (Å²) in [5.41, 5.74) is 5.37. The van der Waals surface area contributed by atoms with Gasteiger partial charge in [0, 0.05) is 12.8 Å². The van der Waals surface area contributed by atoms with Crippen LogP contribution in [0.3, 0.4) is 0 Å². The molecule has 0 aromatic rings. The molecule has 0 aliphatic rings. The van der Waals surface area contributed by atoms with Gasteiger partial charge in [0.2, 0.25) is 0 Å². The lowest BCUT2D eigenvalue weighted by atomic mass is 10.9. The lowest BCUT2D eigenvalue weighted by molar-refractivity contribution is 0.275. The van der Waals surface area contributed by atoms with Crippen LogP contribution in [0.15, 0.2) is 0 Å². The Morgan fingerprint density at radius 1 is 1.80 bits per heavy atom. The van der Waals surface area contributed by atoms with Crippen molar-refractivity contribution >= 4 is 27.5 Å². The molecule has 0 rings (SSSR count). The van der Waals surface area contributed by atoms with Gasteiger partial charge < -0.3 is 18.7 Å². The molecule has 0 aromatic carbocycles. The number of hydrogen-bond donors (Lipinski definition) is 1. The fraction of sp³-hybridized carbons (Fsp3) is 1.00. The molecule has 10 heavy (non-hydrogen) atoms. The van der Waals surface area contributed by atoms with Gasteiger partial charge in [-0.15, -0.1) is 0 Å². The Balaban J connectivity index is 4.00. The zero-order valence-corrected chi connectivity index (χ0v) is 10.4. The number of rotatable bonds is 5. The van der Waals surface area contributed by atoms with E-state index in [2.05, 4.69) is 0 Å². The smallest absolute Gasteiger partial charge is 0.384 e.